The van der Waals surface area contributed by atoms with Gasteiger partial charge in [-0.15, -0.1) is 0 Å². The average Bonchev–Trinajstić information content (AvgIpc) is 2.66. The van der Waals surface area contributed by atoms with Crippen LogP contribution in [0.25, 0.3) is 0 Å². The lowest BCUT2D eigenvalue weighted by molar-refractivity contribution is 0.595. The van der Waals surface area contributed by atoms with Gasteiger partial charge in [0, 0.05) is 7.05 Å². The maximum absolute atomic E-state index is 12.6. The molecule has 0 spiro atoms. The van der Waals surface area contributed by atoms with E-state index in [-0.39, 0.29) is 15.6 Å². The second kappa shape index (κ2) is 4.70. The number of hydrogen-bond donors (Lipinski definition) is 1. The van der Waals surface area contributed by atoms with Gasteiger partial charge in [-0.25, -0.2) is 8.42 Å². The Morgan fingerprint density at radius 3 is 2.37 bits per heavy atom. The van der Waals surface area contributed by atoms with Crippen molar-refractivity contribution in [2.45, 2.75) is 30.1 Å². The number of nitrogens with zero attached hydrogens (tertiary/aromatic N) is 2. The molecule has 0 unspecified atom stereocenters. The van der Waals surface area contributed by atoms with E-state index in [4.69, 9.17) is 5.73 Å². The molecule has 0 aliphatic rings. The molecular formula is C13H17N3O2S. The number of anilines is 1. The van der Waals surface area contributed by atoms with Gasteiger partial charge in [0.15, 0.2) is 0 Å². The van der Waals surface area contributed by atoms with Crippen molar-refractivity contribution in [2.24, 2.45) is 7.05 Å². The molecule has 0 amide bonds. The van der Waals surface area contributed by atoms with Crippen LogP contribution in [-0.4, -0.2) is 18.2 Å². The maximum atomic E-state index is 12.6. The first-order chi connectivity index (χ1) is 8.87. The standard InChI is InChI=1S/C13H17N3O2S/c1-4-11-12(13(14)16(3)15-11)19(17,18)10-7-5-9(2)6-8-10/h5-8H,4,14H2,1-3H3. The van der Waals surface area contributed by atoms with Crippen molar-refractivity contribution in [1.29, 1.82) is 0 Å². The fraction of sp³-hybridized carbons (Fsp3) is 0.308. The first-order valence-corrected chi connectivity index (χ1v) is 7.49. The van der Waals surface area contributed by atoms with Crippen molar-refractivity contribution in [3.63, 3.8) is 0 Å². The van der Waals surface area contributed by atoms with E-state index < -0.39 is 9.84 Å². The highest BCUT2D eigenvalue weighted by Crippen LogP contribution is 2.29. The number of sulfone groups is 1. The molecule has 1 aromatic carbocycles. The molecule has 102 valence electrons. The van der Waals surface area contributed by atoms with E-state index in [0.717, 1.165) is 5.56 Å². The Morgan fingerprint density at radius 2 is 1.84 bits per heavy atom. The average molecular weight is 279 g/mol. The summed E-state index contributed by atoms with van der Waals surface area (Å²) in [6.07, 6.45) is 0.519. The highest BCUT2D eigenvalue weighted by Gasteiger charge is 2.27. The molecule has 0 atom stereocenters. The molecule has 6 heteroatoms. The van der Waals surface area contributed by atoms with Gasteiger partial charge >= 0.3 is 0 Å². The van der Waals surface area contributed by atoms with Gasteiger partial charge in [0.1, 0.15) is 10.7 Å². The molecular weight excluding hydrogens is 262 g/mol. The van der Waals surface area contributed by atoms with Crippen molar-refractivity contribution in [2.75, 3.05) is 5.73 Å². The zero-order valence-corrected chi connectivity index (χ0v) is 12.0. The minimum atomic E-state index is -3.62. The lowest BCUT2D eigenvalue weighted by Crippen LogP contribution is -2.07. The molecule has 2 aromatic rings. The molecule has 0 aliphatic carbocycles. The summed E-state index contributed by atoms with van der Waals surface area (Å²) in [4.78, 5) is 0.369. The number of nitrogens with two attached hydrogens (primary N) is 1. The fourth-order valence-electron chi connectivity index (χ4n) is 1.93. The molecule has 0 fully saturated rings. The maximum Gasteiger partial charge on any atom is 0.212 e. The van der Waals surface area contributed by atoms with E-state index in [9.17, 15) is 8.42 Å². The van der Waals surface area contributed by atoms with Crippen molar-refractivity contribution in [3.05, 3.63) is 35.5 Å². The van der Waals surface area contributed by atoms with Crippen LogP contribution >= 0.6 is 0 Å². The number of benzene rings is 1. The monoisotopic (exact) mass is 279 g/mol. The van der Waals surface area contributed by atoms with Crippen molar-refractivity contribution >= 4 is 15.7 Å². The number of rotatable bonds is 3. The summed E-state index contributed by atoms with van der Waals surface area (Å²) in [6.45, 7) is 3.77. The predicted molar refractivity (Wildman–Crippen MR) is 73.6 cm³/mol. The fourth-order valence-corrected chi connectivity index (χ4v) is 3.57. The second-order valence-electron chi connectivity index (χ2n) is 4.45. The number of aromatic nitrogens is 2. The van der Waals surface area contributed by atoms with Crippen LogP contribution < -0.4 is 5.73 Å². The van der Waals surface area contributed by atoms with Gasteiger partial charge < -0.3 is 5.73 Å². The van der Waals surface area contributed by atoms with Crippen LogP contribution in [-0.2, 0) is 23.3 Å². The third-order valence-corrected chi connectivity index (χ3v) is 4.92. The first kappa shape index (κ1) is 13.6. The molecule has 19 heavy (non-hydrogen) atoms. The summed E-state index contributed by atoms with van der Waals surface area (Å²) in [5.41, 5.74) is 7.36. The van der Waals surface area contributed by atoms with Crippen molar-refractivity contribution in [3.8, 4) is 0 Å². The minimum absolute atomic E-state index is 0.126. The van der Waals surface area contributed by atoms with Crippen LogP contribution in [0.15, 0.2) is 34.1 Å². The van der Waals surface area contributed by atoms with Crippen molar-refractivity contribution in [1.82, 2.24) is 9.78 Å². The summed E-state index contributed by atoms with van der Waals surface area (Å²) >= 11 is 0. The Kier molecular flexibility index (Phi) is 3.36. The molecule has 5 nitrogen and oxygen atoms in total. The summed E-state index contributed by atoms with van der Waals surface area (Å²) in [5.74, 6) is 0.178. The second-order valence-corrected chi connectivity index (χ2v) is 6.34. The number of hydrogen-bond acceptors (Lipinski definition) is 4. The highest BCUT2D eigenvalue weighted by molar-refractivity contribution is 7.91. The molecule has 0 saturated heterocycles. The van der Waals surface area contributed by atoms with Crippen LogP contribution in [0.2, 0.25) is 0 Å². The normalized spacial score (nSPS) is 11.7. The molecule has 1 heterocycles. The van der Waals surface area contributed by atoms with Gasteiger partial charge in [-0.3, -0.25) is 4.68 Å². The molecule has 0 bridgehead atoms. The van der Waals surface area contributed by atoms with Crippen LogP contribution in [0.4, 0.5) is 5.82 Å². The van der Waals surface area contributed by atoms with E-state index in [1.165, 1.54) is 4.68 Å². The number of aryl methyl sites for hydroxylation is 3. The number of nitrogen functional groups attached to an aromatic ring is 1. The molecule has 2 N–H and O–H groups in total. The van der Waals surface area contributed by atoms with Gasteiger partial charge in [-0.1, -0.05) is 24.6 Å². The molecule has 2 rings (SSSR count). The Morgan fingerprint density at radius 1 is 1.26 bits per heavy atom. The van der Waals surface area contributed by atoms with Crippen molar-refractivity contribution < 1.29 is 8.42 Å². The van der Waals surface area contributed by atoms with E-state index in [2.05, 4.69) is 5.10 Å². The molecule has 0 radical (unpaired) electrons. The van der Waals surface area contributed by atoms with E-state index in [0.29, 0.717) is 12.1 Å². The zero-order valence-electron chi connectivity index (χ0n) is 11.2. The predicted octanol–water partition coefficient (Wildman–Crippen LogP) is 1.71. The minimum Gasteiger partial charge on any atom is -0.383 e. The van der Waals surface area contributed by atoms with Gasteiger partial charge in [-0.05, 0) is 25.5 Å². The Labute approximate surface area is 113 Å². The topological polar surface area (TPSA) is 78.0 Å². The lowest BCUT2D eigenvalue weighted by Gasteiger charge is -2.06. The zero-order chi connectivity index (χ0) is 14.2. The Hall–Kier alpha value is -1.82. The lowest BCUT2D eigenvalue weighted by atomic mass is 10.2. The third kappa shape index (κ3) is 2.23. The third-order valence-electron chi connectivity index (χ3n) is 3.05. The summed E-state index contributed by atoms with van der Waals surface area (Å²) in [7, 11) is -1.98. The van der Waals surface area contributed by atoms with Gasteiger partial charge in [-0.2, -0.15) is 5.10 Å². The van der Waals surface area contributed by atoms with E-state index >= 15 is 0 Å². The Balaban J connectivity index is 2.66. The van der Waals surface area contributed by atoms with Gasteiger partial charge in [0.2, 0.25) is 9.84 Å². The molecule has 0 saturated carbocycles. The smallest absolute Gasteiger partial charge is 0.212 e. The summed E-state index contributed by atoms with van der Waals surface area (Å²) < 4.78 is 26.7. The van der Waals surface area contributed by atoms with Gasteiger partial charge in [0.25, 0.3) is 0 Å². The Bertz CT molecular complexity index is 700. The summed E-state index contributed by atoms with van der Waals surface area (Å²) in [5, 5.41) is 4.15. The van der Waals surface area contributed by atoms with E-state index in [1.807, 2.05) is 13.8 Å². The van der Waals surface area contributed by atoms with Crippen LogP contribution in [0.3, 0.4) is 0 Å². The van der Waals surface area contributed by atoms with Crippen LogP contribution in [0, 0.1) is 6.92 Å². The SMILES string of the molecule is CCc1nn(C)c(N)c1S(=O)(=O)c1ccc(C)cc1. The van der Waals surface area contributed by atoms with E-state index in [1.54, 1.807) is 31.3 Å². The first-order valence-electron chi connectivity index (χ1n) is 6.01. The van der Waals surface area contributed by atoms with Crippen LogP contribution in [0.5, 0.6) is 0 Å². The van der Waals surface area contributed by atoms with Gasteiger partial charge in [0.05, 0.1) is 10.6 Å². The molecule has 0 aliphatic heterocycles. The largest absolute Gasteiger partial charge is 0.383 e. The highest BCUT2D eigenvalue weighted by atomic mass is 32.2. The molecule has 1 aromatic heterocycles. The van der Waals surface area contributed by atoms with Crippen LogP contribution in [0.1, 0.15) is 18.2 Å². The quantitative estimate of drug-likeness (QED) is 0.927. The summed E-state index contributed by atoms with van der Waals surface area (Å²) in [6, 6.07) is 6.73.